The Kier molecular flexibility index (Phi) is 11.9. The van der Waals surface area contributed by atoms with Gasteiger partial charge in [-0.1, -0.05) is 0 Å². The third-order valence-electron chi connectivity index (χ3n) is 11.4. The smallest absolute Gasteiger partial charge is 1.00 e. The predicted molar refractivity (Wildman–Crippen MR) is 197 cm³/mol. The fourth-order valence-electron chi connectivity index (χ4n) is 9.26. The van der Waals surface area contributed by atoms with E-state index in [1.165, 1.54) is 72.1 Å². The van der Waals surface area contributed by atoms with Crippen LogP contribution in [0.1, 0.15) is 102 Å². The van der Waals surface area contributed by atoms with Gasteiger partial charge in [-0.05, 0) is 0 Å². The van der Waals surface area contributed by atoms with E-state index in [2.05, 4.69) is 139 Å². The van der Waals surface area contributed by atoms with Gasteiger partial charge in [0.25, 0.3) is 0 Å². The summed E-state index contributed by atoms with van der Waals surface area (Å²) >= 11 is -3.09. The van der Waals surface area contributed by atoms with Gasteiger partial charge in [-0.25, -0.2) is 0 Å². The van der Waals surface area contributed by atoms with Crippen molar-refractivity contribution in [2.24, 2.45) is 11.8 Å². The molecule has 1 aliphatic heterocycles. The van der Waals surface area contributed by atoms with Crippen LogP contribution >= 0.6 is 0 Å². The van der Waals surface area contributed by atoms with Crippen LogP contribution in [-0.4, -0.2) is 0 Å². The van der Waals surface area contributed by atoms with Gasteiger partial charge in [-0.15, -0.1) is 0 Å². The van der Waals surface area contributed by atoms with Crippen LogP contribution < -0.4 is 24.8 Å². The zero-order chi connectivity index (χ0) is 32.0. The van der Waals surface area contributed by atoms with Crippen molar-refractivity contribution in [3.05, 3.63) is 129 Å². The van der Waals surface area contributed by atoms with Crippen LogP contribution in [0.3, 0.4) is 0 Å². The summed E-state index contributed by atoms with van der Waals surface area (Å²) in [5.41, 5.74) is 18.4. The zero-order valence-electron chi connectivity index (χ0n) is 29.8. The van der Waals surface area contributed by atoms with Gasteiger partial charge in [0.1, 0.15) is 0 Å². The van der Waals surface area contributed by atoms with Crippen molar-refractivity contribution in [3.63, 3.8) is 0 Å². The minimum atomic E-state index is -3.09. The molecule has 0 bridgehead atoms. The second-order valence-corrected chi connectivity index (χ2v) is 31.9. The number of halogens is 2. The van der Waals surface area contributed by atoms with E-state index in [-0.39, 0.29) is 24.8 Å². The van der Waals surface area contributed by atoms with Crippen LogP contribution in [0.2, 0.25) is 8.35 Å². The van der Waals surface area contributed by atoms with Crippen LogP contribution in [-0.2, 0) is 32.8 Å². The first-order valence-corrected chi connectivity index (χ1v) is 27.4. The zero-order valence-corrected chi connectivity index (χ0v) is 34.9. The number of fused-ring (bicyclic) bond motifs is 2. The molecule has 4 aromatic carbocycles. The molecule has 48 heavy (non-hydrogen) atoms. The molecule has 3 aliphatic rings. The Morgan fingerprint density at radius 3 is 1.27 bits per heavy atom. The largest absolute Gasteiger partial charge is 1.00 e. The molecule has 4 aromatic rings. The molecule has 0 radical (unpaired) electrons. The van der Waals surface area contributed by atoms with Crippen molar-refractivity contribution >= 4 is 12.2 Å². The van der Waals surface area contributed by atoms with E-state index in [4.69, 9.17) is 0 Å². The Balaban J connectivity index is 0.00000225. The van der Waals surface area contributed by atoms with Crippen molar-refractivity contribution in [2.75, 3.05) is 0 Å². The van der Waals surface area contributed by atoms with E-state index in [1.54, 1.807) is 22.3 Å². The van der Waals surface area contributed by atoms with E-state index in [1.807, 2.05) is 0 Å². The van der Waals surface area contributed by atoms with E-state index in [9.17, 15) is 0 Å². The number of rotatable bonds is 10. The Morgan fingerprint density at radius 2 is 0.958 bits per heavy atom. The number of benzene rings is 4. The summed E-state index contributed by atoms with van der Waals surface area (Å²) in [4.78, 5) is 0. The fourth-order valence-corrected chi connectivity index (χ4v) is 31.8. The van der Waals surface area contributed by atoms with Crippen LogP contribution in [0, 0.1) is 11.8 Å². The maximum atomic E-state index is 2.69. The summed E-state index contributed by atoms with van der Waals surface area (Å²) in [5.74, 6) is 1.33. The maximum absolute atomic E-state index is 3.09. The normalized spacial score (nSPS) is 18.1. The third kappa shape index (κ3) is 6.66. The van der Waals surface area contributed by atoms with Crippen LogP contribution in [0.4, 0.5) is 0 Å². The minimum absolute atomic E-state index is 0. The molecular weight excluding hydrogens is 790 g/mol. The van der Waals surface area contributed by atoms with E-state index in [0.717, 1.165) is 12.8 Å². The van der Waals surface area contributed by atoms with Gasteiger partial charge in [-0.2, -0.15) is 0 Å². The quantitative estimate of drug-likeness (QED) is 0.148. The number of aryl methyl sites for hydroxylation is 2. The van der Waals surface area contributed by atoms with Gasteiger partial charge < -0.3 is 24.8 Å². The van der Waals surface area contributed by atoms with Crippen LogP contribution in [0.15, 0.2) is 96.1 Å². The summed E-state index contributed by atoms with van der Waals surface area (Å²) in [5, 5.41) is 0. The third-order valence-corrected chi connectivity index (χ3v) is 33.8. The van der Waals surface area contributed by atoms with Crippen LogP contribution in [0.25, 0.3) is 34.4 Å². The molecule has 2 aliphatic carbocycles. The van der Waals surface area contributed by atoms with Gasteiger partial charge in [0.05, 0.1) is 0 Å². The molecule has 1 heterocycles. The summed E-state index contributed by atoms with van der Waals surface area (Å²) < 4.78 is 4.42. The molecule has 7 rings (SSSR count). The molecule has 0 amide bonds. The minimum Gasteiger partial charge on any atom is -1.00 e. The molecule has 0 N–H and O–H groups in total. The first-order chi connectivity index (χ1) is 22.3. The van der Waals surface area contributed by atoms with Crippen LogP contribution in [0.5, 0.6) is 0 Å². The second kappa shape index (κ2) is 15.4. The topological polar surface area (TPSA) is 0 Å². The molecule has 2 unspecified atom stereocenters. The molecule has 0 spiro atoms. The molecule has 3 heteroatoms. The van der Waals surface area contributed by atoms with Crippen molar-refractivity contribution in [3.8, 4) is 22.3 Å². The van der Waals surface area contributed by atoms with Gasteiger partial charge in [0, 0.05) is 0 Å². The summed E-state index contributed by atoms with van der Waals surface area (Å²) in [6, 6.07) is 33.4. The van der Waals surface area contributed by atoms with Gasteiger partial charge in [0.2, 0.25) is 0 Å². The number of allylic oxidation sites excluding steroid dienone is 2. The molecule has 1 fully saturated rings. The molecule has 0 aromatic heterocycles. The summed E-state index contributed by atoms with van der Waals surface area (Å²) in [7, 11) is 0. The maximum Gasteiger partial charge on any atom is -1.00 e. The molecule has 0 saturated carbocycles. The van der Waals surface area contributed by atoms with E-state index < -0.39 is 20.0 Å². The first-order valence-electron chi connectivity index (χ1n) is 18.2. The Labute approximate surface area is 307 Å². The molecule has 1 saturated heterocycles. The van der Waals surface area contributed by atoms with Crippen molar-refractivity contribution in [2.45, 2.75) is 89.4 Å². The van der Waals surface area contributed by atoms with Crippen molar-refractivity contribution in [1.82, 2.24) is 0 Å². The SMILES string of the molecule is CCc1ccc(-c2cccc3c2C=C(CC(C)C)[CH]3[Hf+2]2([CH]3C(CC(C)C)=Cc4c(-c5ccc(CC)cc5)cccc43)[CH2]C[CH2]2)cc1.[Cl-].[Cl-]. The number of hydrogen-bond acceptors (Lipinski definition) is 0. The van der Waals surface area contributed by atoms with Gasteiger partial charge >= 0.3 is 285 Å². The average molecular weight is 842 g/mol. The van der Waals surface area contributed by atoms with E-state index in [0.29, 0.717) is 19.2 Å². The standard InChI is InChI=1S/2C21H23.C3H6.2ClH.Hf/c2*1-4-16-8-10-18(11-9-16)20-7-5-6-19-13-17(12-15(2)3)14-21(19)20;1-3-2;;;/h2*5-11,13-15H,4,12H2,1-3H3;1-3H2;2*1H;/q;;;;;+2/p-2. The van der Waals surface area contributed by atoms with Crippen molar-refractivity contribution in [1.29, 1.82) is 0 Å². The average Bonchev–Trinajstić information content (AvgIpc) is 3.58. The van der Waals surface area contributed by atoms with Gasteiger partial charge in [0.15, 0.2) is 0 Å². The first kappa shape index (κ1) is 37.1. The molecule has 250 valence electrons. The summed E-state index contributed by atoms with van der Waals surface area (Å²) in [6.45, 7) is 14.2. The van der Waals surface area contributed by atoms with E-state index >= 15 is 0 Å². The predicted octanol–water partition coefficient (Wildman–Crippen LogP) is 7.22. The monoisotopic (exact) mass is 842 g/mol. The Bertz CT molecular complexity index is 1660. The Hall–Kier alpha value is -2.19. The molecule has 0 nitrogen and oxygen atoms in total. The van der Waals surface area contributed by atoms with Gasteiger partial charge in [-0.3, -0.25) is 0 Å². The van der Waals surface area contributed by atoms with Crippen molar-refractivity contribution < 1.29 is 44.8 Å². The molecular formula is C45H52Cl2Hf. The second-order valence-electron chi connectivity index (χ2n) is 15.3. The molecule has 2 atom stereocenters. The Morgan fingerprint density at radius 1 is 0.562 bits per heavy atom. The summed E-state index contributed by atoms with van der Waals surface area (Å²) in [6.07, 6.45) is 11.4. The number of hydrogen-bond donors (Lipinski definition) is 0. The fraction of sp³-hybridized carbons (Fsp3) is 0.378.